The van der Waals surface area contributed by atoms with Crippen molar-refractivity contribution < 1.29 is 62.1 Å². The third-order valence-electron chi connectivity index (χ3n) is 5.31. The van der Waals surface area contributed by atoms with E-state index >= 15 is 0 Å². The van der Waals surface area contributed by atoms with Gasteiger partial charge in [-0.3, -0.25) is 0 Å². The van der Waals surface area contributed by atoms with E-state index in [4.69, 9.17) is 0 Å². The summed E-state index contributed by atoms with van der Waals surface area (Å²) in [6.45, 7) is 0. The van der Waals surface area contributed by atoms with Crippen molar-refractivity contribution in [3.8, 4) is 11.5 Å². The van der Waals surface area contributed by atoms with Crippen molar-refractivity contribution >= 4 is 155 Å². The number of rotatable bonds is 6. The fourth-order valence-corrected chi connectivity index (χ4v) is 5.71. The molecule has 0 heterocycles. The third-order valence-corrected chi connectivity index (χ3v) is 8.65. The van der Waals surface area contributed by atoms with Gasteiger partial charge in [-0.05, 0) is 57.5 Å². The Bertz CT molecular complexity index is 2100. The second-order valence-electron chi connectivity index (χ2n) is 7.87. The summed E-state index contributed by atoms with van der Waals surface area (Å²) in [6.07, 6.45) is 0. The van der Waals surface area contributed by atoms with Crippen LogP contribution in [-0.2, 0) is 40.5 Å². The van der Waals surface area contributed by atoms with Crippen LogP contribution in [-0.4, -0.2) is 134 Å². The maximum atomic E-state index is 11.7. The number of nitrogens with zero attached hydrogens (tertiary/aromatic N) is 2. The molecule has 0 fully saturated rings. The molecule has 0 saturated heterocycles. The average Bonchev–Trinajstić information content (AvgIpc) is 2.85. The van der Waals surface area contributed by atoms with Crippen molar-refractivity contribution in [2.75, 3.05) is 0 Å². The molecule has 0 amide bonds. The maximum absolute atomic E-state index is 11.7. The minimum Gasteiger partial charge on any atom is -0.870 e. The Labute approximate surface area is 313 Å². The molecule has 0 spiro atoms. The predicted molar refractivity (Wildman–Crippen MR) is 147 cm³/mol. The molecule has 4 rings (SSSR count). The van der Waals surface area contributed by atoms with Crippen molar-refractivity contribution in [1.82, 2.24) is 0 Å². The normalized spacial score (nSPS) is 11.6. The van der Waals surface area contributed by atoms with Crippen molar-refractivity contribution in [3.63, 3.8) is 0 Å². The first-order valence-corrected chi connectivity index (χ1v) is 15.8. The van der Waals surface area contributed by atoms with E-state index in [1.807, 2.05) is 0 Å². The molecular weight excluding hydrogens is 1270 g/mol. The van der Waals surface area contributed by atoms with Crippen LogP contribution in [0.3, 0.4) is 0 Å². The van der Waals surface area contributed by atoms with Crippen LogP contribution in [0, 0.1) is 9.81 Å². The van der Waals surface area contributed by atoms with Gasteiger partial charge in [0.25, 0.3) is 0 Å². The van der Waals surface area contributed by atoms with Gasteiger partial charge in [0.15, 0.2) is 0 Å². The first-order valence-electron chi connectivity index (χ1n) is 10.2. The minimum absolute atomic E-state index is 0. The van der Waals surface area contributed by atoms with E-state index in [1.54, 1.807) is 0 Å². The molecule has 18 nitrogen and oxygen atoms in total. The Morgan fingerprint density at radius 2 is 0.756 bits per heavy atom. The molecule has 0 unspecified atom stereocenters. The van der Waals surface area contributed by atoms with Crippen LogP contribution in [0.2, 0.25) is 0 Å². The molecule has 25 heteroatoms. The largest absolute Gasteiger partial charge is 2.00 e. The van der Waals surface area contributed by atoms with E-state index < -0.39 is 82.9 Å². The summed E-state index contributed by atoms with van der Waals surface area (Å²) in [5.74, 6) is -2.77. The molecule has 45 heavy (non-hydrogen) atoms. The number of hydrogen-bond acceptors (Lipinski definition) is 18. The van der Waals surface area contributed by atoms with Gasteiger partial charge in [0.05, 0.1) is 9.79 Å². The second kappa shape index (κ2) is 15.7. The summed E-state index contributed by atoms with van der Waals surface area (Å²) in [7, 11) is -20.1. The van der Waals surface area contributed by atoms with Crippen LogP contribution < -0.4 is 10.2 Å². The van der Waals surface area contributed by atoms with Gasteiger partial charge in [0.1, 0.15) is 51.8 Å². The molecule has 0 aliphatic carbocycles. The fraction of sp³-hybridized carbons (Fsp3) is 0. The number of fused-ring (bicyclic) bond motifs is 2. The molecular formula is C20H8N2O16Pb3S4. The first kappa shape index (κ1) is 43.6. The molecule has 0 aromatic heterocycles. The van der Waals surface area contributed by atoms with Crippen LogP contribution >= 0.6 is 0 Å². The summed E-state index contributed by atoms with van der Waals surface area (Å²) < 4.78 is 131. The summed E-state index contributed by atoms with van der Waals surface area (Å²) in [5, 5.41) is 27.3. The zero-order chi connectivity index (χ0) is 32.0. The summed E-state index contributed by atoms with van der Waals surface area (Å²) in [4.78, 5) is 17.4. The van der Waals surface area contributed by atoms with Gasteiger partial charge in [-0.2, -0.15) is 0 Å². The van der Waals surface area contributed by atoms with Crippen LogP contribution in [0.4, 0.5) is 11.4 Å². The Morgan fingerprint density at radius 1 is 0.467 bits per heavy atom. The Kier molecular flexibility index (Phi) is 15.2. The fourth-order valence-electron chi connectivity index (χ4n) is 3.51. The van der Waals surface area contributed by atoms with Gasteiger partial charge in [-0.15, -0.1) is 9.81 Å². The van der Waals surface area contributed by atoms with Crippen LogP contribution in [0.25, 0.3) is 21.5 Å². The Morgan fingerprint density at radius 3 is 0.978 bits per heavy atom. The number of hydrogen-bond donors (Lipinski definition) is 0. The quantitative estimate of drug-likeness (QED) is 0.128. The summed E-state index contributed by atoms with van der Waals surface area (Å²) >= 11 is 0. The van der Waals surface area contributed by atoms with Gasteiger partial charge >= 0.3 is 81.9 Å². The third kappa shape index (κ3) is 9.81. The smallest absolute Gasteiger partial charge is 0.870 e. The molecule has 4 aromatic carbocycles. The van der Waals surface area contributed by atoms with Crippen LogP contribution in [0.5, 0.6) is 11.5 Å². The molecule has 0 N–H and O–H groups in total. The van der Waals surface area contributed by atoms with Gasteiger partial charge in [-0.25, -0.2) is 33.7 Å². The SMILES string of the molecule is O=Nc1c([O-])c(S(=O)(=O)[O-])cc2cc(S(=O)(=O)[O-])ccc12.O=Nc1c([O-])c(S(=O)(=O)[O-])cc2cc(S(=O)(=O)[O-])ccc12.[Pb+2].[Pb+2].[Pb+2]. The van der Waals surface area contributed by atoms with Crippen LogP contribution in [0.15, 0.2) is 78.5 Å². The summed E-state index contributed by atoms with van der Waals surface area (Å²) in [5.41, 5.74) is -1.70. The topological polar surface area (TPSA) is 334 Å². The predicted octanol–water partition coefficient (Wildman–Crippen LogP) is -0.903. The van der Waals surface area contributed by atoms with Gasteiger partial charge in [0.2, 0.25) is 0 Å². The number of benzene rings is 4. The van der Waals surface area contributed by atoms with Crippen molar-refractivity contribution in [2.24, 2.45) is 10.4 Å². The van der Waals surface area contributed by atoms with E-state index in [1.165, 1.54) is 0 Å². The second-order valence-corrected chi connectivity index (χ2v) is 13.3. The van der Waals surface area contributed by atoms with E-state index in [-0.39, 0.29) is 103 Å². The van der Waals surface area contributed by atoms with Gasteiger partial charge in [-0.1, -0.05) is 23.6 Å². The molecule has 230 valence electrons. The average molecular weight is 1280 g/mol. The van der Waals surface area contributed by atoms with Gasteiger partial charge in [0, 0.05) is 20.6 Å². The molecule has 0 aliphatic rings. The van der Waals surface area contributed by atoms with Crippen molar-refractivity contribution in [2.45, 2.75) is 19.6 Å². The zero-order valence-electron chi connectivity index (χ0n) is 21.2. The zero-order valence-corrected chi connectivity index (χ0v) is 36.1. The monoisotopic (exact) mass is 1280 g/mol. The molecule has 6 radical (unpaired) electrons. The van der Waals surface area contributed by atoms with Crippen molar-refractivity contribution in [3.05, 3.63) is 58.3 Å². The van der Waals surface area contributed by atoms with Crippen LogP contribution in [0.1, 0.15) is 0 Å². The minimum atomic E-state index is -5.19. The molecule has 0 saturated carbocycles. The first-order chi connectivity index (χ1) is 19.1. The molecule has 4 aromatic rings. The Hall–Kier alpha value is -1.39. The standard InChI is InChI=1S/2C10H7NO8S2.3Pb/c2*12-10-8(21(17,18)19)4-5-3-6(20(14,15)16)1-2-7(5)9(10)11-13;;;/h2*1-4,12H,(H,14,15,16)(H,17,18,19);;;/q;;3*+2/p-6. The summed E-state index contributed by atoms with van der Waals surface area (Å²) in [6, 6.07) is 6.29. The van der Waals surface area contributed by atoms with E-state index in [2.05, 4.69) is 10.4 Å². The maximum Gasteiger partial charge on any atom is 2.00 e. The van der Waals surface area contributed by atoms with E-state index in [0.29, 0.717) is 12.1 Å². The van der Waals surface area contributed by atoms with E-state index in [0.717, 1.165) is 36.4 Å². The van der Waals surface area contributed by atoms with Gasteiger partial charge < -0.3 is 28.4 Å². The Balaban J connectivity index is 0.000000807. The molecule has 0 aliphatic heterocycles. The number of nitroso groups, excluding NO2 is 2. The molecule has 0 atom stereocenters. The van der Waals surface area contributed by atoms with Crippen molar-refractivity contribution in [1.29, 1.82) is 0 Å². The molecule has 0 bridgehead atoms. The van der Waals surface area contributed by atoms with E-state index in [9.17, 15) is 71.9 Å².